The van der Waals surface area contributed by atoms with Gasteiger partial charge < -0.3 is 9.84 Å². The summed E-state index contributed by atoms with van der Waals surface area (Å²) in [6.07, 6.45) is 2.97. The average Bonchev–Trinajstić information content (AvgIpc) is 2.59. The molecule has 0 amide bonds. The Morgan fingerprint density at radius 2 is 2.18 bits per heavy atom. The van der Waals surface area contributed by atoms with Crippen molar-refractivity contribution < 1.29 is 14.6 Å². The molecule has 0 aliphatic heterocycles. The number of benzene rings is 1. The Bertz CT molecular complexity index is 400. The monoisotopic (exact) mass is 234 g/mol. The summed E-state index contributed by atoms with van der Waals surface area (Å²) in [5.41, 5.74) is 2.35. The lowest BCUT2D eigenvalue weighted by molar-refractivity contribution is -0.151. The first-order valence-corrected chi connectivity index (χ1v) is 6.07. The van der Waals surface area contributed by atoms with Crippen LogP contribution in [0.15, 0.2) is 24.3 Å². The predicted octanol–water partition coefficient (Wildman–Crippen LogP) is 2.03. The number of fused-ring (bicyclic) bond motifs is 1. The van der Waals surface area contributed by atoms with Gasteiger partial charge in [0.2, 0.25) is 0 Å². The van der Waals surface area contributed by atoms with E-state index in [1.54, 1.807) is 0 Å². The Labute approximate surface area is 101 Å². The highest BCUT2D eigenvalue weighted by atomic mass is 16.5. The SMILES string of the molecule is COC(=O)C(O)C1CCCCc2ccccc21. The number of methoxy groups -OCH3 is 1. The summed E-state index contributed by atoms with van der Waals surface area (Å²) in [5.74, 6) is -0.659. The molecule has 92 valence electrons. The van der Waals surface area contributed by atoms with E-state index in [9.17, 15) is 9.90 Å². The van der Waals surface area contributed by atoms with E-state index in [0.717, 1.165) is 31.2 Å². The third-order valence-corrected chi connectivity index (χ3v) is 3.49. The van der Waals surface area contributed by atoms with E-state index in [4.69, 9.17) is 0 Å². The summed E-state index contributed by atoms with van der Waals surface area (Å²) in [5, 5.41) is 10.0. The number of carbonyl (C=O) groups is 1. The van der Waals surface area contributed by atoms with E-state index in [1.807, 2.05) is 18.2 Å². The van der Waals surface area contributed by atoms with Crippen LogP contribution in [0.1, 0.15) is 36.3 Å². The normalized spacial score (nSPS) is 21.2. The van der Waals surface area contributed by atoms with Gasteiger partial charge in [-0.3, -0.25) is 0 Å². The van der Waals surface area contributed by atoms with Crippen LogP contribution in [-0.4, -0.2) is 24.3 Å². The number of aliphatic hydroxyl groups is 1. The van der Waals surface area contributed by atoms with E-state index in [0.29, 0.717) is 0 Å². The van der Waals surface area contributed by atoms with Crippen molar-refractivity contribution in [2.75, 3.05) is 7.11 Å². The summed E-state index contributed by atoms with van der Waals surface area (Å²) in [7, 11) is 1.31. The topological polar surface area (TPSA) is 46.5 Å². The highest BCUT2D eigenvalue weighted by molar-refractivity contribution is 5.75. The van der Waals surface area contributed by atoms with Gasteiger partial charge in [0.25, 0.3) is 0 Å². The maximum absolute atomic E-state index is 11.5. The van der Waals surface area contributed by atoms with Crippen molar-refractivity contribution >= 4 is 5.97 Å². The third-order valence-electron chi connectivity index (χ3n) is 3.49. The summed E-state index contributed by atoms with van der Waals surface area (Å²) in [6, 6.07) is 8.06. The molecular weight excluding hydrogens is 216 g/mol. The molecule has 1 aliphatic rings. The van der Waals surface area contributed by atoms with Gasteiger partial charge in [-0.15, -0.1) is 0 Å². The molecule has 2 rings (SSSR count). The molecule has 3 heteroatoms. The molecule has 2 atom stereocenters. The predicted molar refractivity (Wildman–Crippen MR) is 64.8 cm³/mol. The van der Waals surface area contributed by atoms with E-state index < -0.39 is 12.1 Å². The van der Waals surface area contributed by atoms with Crippen LogP contribution in [0.25, 0.3) is 0 Å². The van der Waals surface area contributed by atoms with E-state index in [-0.39, 0.29) is 5.92 Å². The average molecular weight is 234 g/mol. The van der Waals surface area contributed by atoms with Crippen molar-refractivity contribution in [3.63, 3.8) is 0 Å². The van der Waals surface area contributed by atoms with Crippen molar-refractivity contribution in [1.82, 2.24) is 0 Å². The summed E-state index contributed by atoms with van der Waals surface area (Å²) in [6.45, 7) is 0. The molecule has 1 aromatic carbocycles. The van der Waals surface area contributed by atoms with E-state index >= 15 is 0 Å². The Morgan fingerprint density at radius 3 is 2.94 bits per heavy atom. The lowest BCUT2D eigenvalue weighted by atomic mass is 9.88. The van der Waals surface area contributed by atoms with Gasteiger partial charge in [0.15, 0.2) is 6.10 Å². The maximum Gasteiger partial charge on any atom is 0.335 e. The highest BCUT2D eigenvalue weighted by Crippen LogP contribution is 2.33. The van der Waals surface area contributed by atoms with Crippen molar-refractivity contribution in [1.29, 1.82) is 0 Å². The number of hydrogen-bond donors (Lipinski definition) is 1. The van der Waals surface area contributed by atoms with Gasteiger partial charge in [-0.25, -0.2) is 4.79 Å². The smallest absolute Gasteiger partial charge is 0.335 e. The second-order valence-corrected chi connectivity index (χ2v) is 4.52. The fraction of sp³-hybridized carbons (Fsp3) is 0.500. The van der Waals surface area contributed by atoms with Gasteiger partial charge in [0.1, 0.15) is 0 Å². The number of ether oxygens (including phenoxy) is 1. The fourth-order valence-electron chi connectivity index (χ4n) is 2.57. The number of esters is 1. The fourth-order valence-corrected chi connectivity index (χ4v) is 2.57. The molecule has 3 nitrogen and oxygen atoms in total. The van der Waals surface area contributed by atoms with Gasteiger partial charge in [-0.05, 0) is 30.4 Å². The quantitative estimate of drug-likeness (QED) is 0.629. The molecule has 1 aromatic rings. The first-order valence-electron chi connectivity index (χ1n) is 6.07. The van der Waals surface area contributed by atoms with Crippen LogP contribution in [0.4, 0.5) is 0 Å². The zero-order valence-corrected chi connectivity index (χ0v) is 10.1. The minimum absolute atomic E-state index is 0.124. The molecule has 0 saturated heterocycles. The second-order valence-electron chi connectivity index (χ2n) is 4.52. The number of aliphatic hydroxyl groups excluding tert-OH is 1. The van der Waals surface area contributed by atoms with Crippen molar-refractivity contribution in [3.8, 4) is 0 Å². The second kappa shape index (κ2) is 5.32. The molecule has 0 radical (unpaired) electrons. The number of hydrogen-bond acceptors (Lipinski definition) is 3. The van der Waals surface area contributed by atoms with Gasteiger partial charge in [0.05, 0.1) is 7.11 Å². The van der Waals surface area contributed by atoms with Crippen molar-refractivity contribution in [3.05, 3.63) is 35.4 Å². The molecule has 2 unspecified atom stereocenters. The Balaban J connectivity index is 2.31. The lowest BCUT2D eigenvalue weighted by Crippen LogP contribution is -2.29. The molecule has 1 aliphatic carbocycles. The minimum atomic E-state index is -1.04. The van der Waals surface area contributed by atoms with Gasteiger partial charge >= 0.3 is 5.97 Å². The highest BCUT2D eigenvalue weighted by Gasteiger charge is 2.30. The molecule has 0 saturated carbocycles. The molecule has 1 N–H and O–H groups in total. The van der Waals surface area contributed by atoms with Crippen LogP contribution in [-0.2, 0) is 16.0 Å². The molecule has 0 aromatic heterocycles. The first-order chi connectivity index (χ1) is 8.24. The van der Waals surface area contributed by atoms with Crippen LogP contribution in [0, 0.1) is 0 Å². The zero-order chi connectivity index (χ0) is 12.3. The first kappa shape index (κ1) is 12.1. The lowest BCUT2D eigenvalue weighted by Gasteiger charge is -2.21. The molecule has 0 fully saturated rings. The molecule has 0 bridgehead atoms. The van der Waals surface area contributed by atoms with Crippen LogP contribution in [0.5, 0.6) is 0 Å². The standard InChI is InChI=1S/C14H18O3/c1-17-14(16)13(15)12-9-5-3-7-10-6-2-4-8-11(10)12/h2,4,6,8,12-13,15H,3,5,7,9H2,1H3. The number of rotatable bonds is 2. The van der Waals surface area contributed by atoms with Crippen LogP contribution in [0.2, 0.25) is 0 Å². The summed E-state index contributed by atoms with van der Waals surface area (Å²) in [4.78, 5) is 11.5. The Morgan fingerprint density at radius 1 is 1.41 bits per heavy atom. The number of aryl methyl sites for hydroxylation is 1. The maximum atomic E-state index is 11.5. The molecule has 17 heavy (non-hydrogen) atoms. The van der Waals surface area contributed by atoms with Crippen LogP contribution in [0.3, 0.4) is 0 Å². The molecule has 0 spiro atoms. The molecule has 0 heterocycles. The van der Waals surface area contributed by atoms with Gasteiger partial charge in [-0.1, -0.05) is 30.7 Å². The Kier molecular flexibility index (Phi) is 3.79. The van der Waals surface area contributed by atoms with Crippen LogP contribution < -0.4 is 0 Å². The minimum Gasteiger partial charge on any atom is -0.467 e. The van der Waals surface area contributed by atoms with Crippen molar-refractivity contribution in [2.24, 2.45) is 0 Å². The van der Waals surface area contributed by atoms with Crippen molar-refractivity contribution in [2.45, 2.75) is 37.7 Å². The summed E-state index contributed by atoms with van der Waals surface area (Å²) >= 11 is 0. The van der Waals surface area contributed by atoms with Gasteiger partial charge in [-0.2, -0.15) is 0 Å². The summed E-state index contributed by atoms with van der Waals surface area (Å²) < 4.78 is 4.63. The largest absolute Gasteiger partial charge is 0.467 e. The van der Waals surface area contributed by atoms with Gasteiger partial charge in [0, 0.05) is 5.92 Å². The zero-order valence-electron chi connectivity index (χ0n) is 10.1. The van der Waals surface area contributed by atoms with E-state index in [1.165, 1.54) is 12.7 Å². The molecular formula is C14H18O3. The Hall–Kier alpha value is -1.35. The number of carbonyl (C=O) groups excluding carboxylic acids is 1. The van der Waals surface area contributed by atoms with Crippen LogP contribution >= 0.6 is 0 Å². The third kappa shape index (κ3) is 2.50. The van der Waals surface area contributed by atoms with E-state index in [2.05, 4.69) is 10.8 Å².